The highest BCUT2D eigenvalue weighted by Gasteiger charge is 2.15. The number of hydrogen-bond donors (Lipinski definition) is 1. The van der Waals surface area contributed by atoms with Crippen molar-refractivity contribution in [3.05, 3.63) is 23.1 Å². The lowest BCUT2D eigenvalue weighted by Gasteiger charge is -2.03. The van der Waals surface area contributed by atoms with E-state index in [9.17, 15) is 4.79 Å². The molecular formula is C9H8ClN3O2. The van der Waals surface area contributed by atoms with Crippen LogP contribution in [-0.4, -0.2) is 27.5 Å². The molecule has 0 spiro atoms. The molecule has 0 aliphatic heterocycles. The highest BCUT2D eigenvalue weighted by molar-refractivity contribution is 6.37. The van der Waals surface area contributed by atoms with Crippen molar-refractivity contribution in [3.63, 3.8) is 0 Å². The summed E-state index contributed by atoms with van der Waals surface area (Å²) in [4.78, 5) is 22.2. The summed E-state index contributed by atoms with van der Waals surface area (Å²) >= 11 is 5.99. The number of hydrogen-bond acceptors (Lipinski definition) is 4. The number of aromatic amines is 1. The van der Waals surface area contributed by atoms with Gasteiger partial charge in [0.15, 0.2) is 5.65 Å². The van der Waals surface area contributed by atoms with Gasteiger partial charge in [-0.25, -0.2) is 14.8 Å². The SMILES string of the molecule is CCOC(=O)c1cnc2[nH]cnc2c1Cl. The second-order valence-electron chi connectivity index (χ2n) is 2.81. The van der Waals surface area contributed by atoms with E-state index in [1.54, 1.807) is 6.92 Å². The van der Waals surface area contributed by atoms with E-state index >= 15 is 0 Å². The summed E-state index contributed by atoms with van der Waals surface area (Å²) < 4.78 is 4.83. The minimum Gasteiger partial charge on any atom is -0.462 e. The molecule has 15 heavy (non-hydrogen) atoms. The largest absolute Gasteiger partial charge is 0.462 e. The minimum absolute atomic E-state index is 0.234. The monoisotopic (exact) mass is 225 g/mol. The maximum Gasteiger partial charge on any atom is 0.341 e. The van der Waals surface area contributed by atoms with Gasteiger partial charge in [0.2, 0.25) is 0 Å². The molecule has 0 unspecified atom stereocenters. The fourth-order valence-electron chi connectivity index (χ4n) is 1.21. The van der Waals surface area contributed by atoms with Gasteiger partial charge in [0, 0.05) is 6.20 Å². The Bertz CT molecular complexity index is 509. The lowest BCUT2D eigenvalue weighted by atomic mass is 10.2. The van der Waals surface area contributed by atoms with Crippen LogP contribution < -0.4 is 0 Å². The Morgan fingerprint density at radius 3 is 3.13 bits per heavy atom. The molecule has 1 N–H and O–H groups in total. The molecule has 0 atom stereocenters. The van der Waals surface area contributed by atoms with E-state index in [2.05, 4.69) is 15.0 Å². The molecule has 2 rings (SSSR count). The molecule has 0 aromatic carbocycles. The summed E-state index contributed by atoms with van der Waals surface area (Å²) in [6.07, 6.45) is 2.85. The Kier molecular flexibility index (Phi) is 2.55. The Balaban J connectivity index is 2.52. The van der Waals surface area contributed by atoms with E-state index in [4.69, 9.17) is 16.3 Å². The second-order valence-corrected chi connectivity index (χ2v) is 3.18. The molecule has 0 aliphatic carbocycles. The summed E-state index contributed by atoms with van der Waals surface area (Å²) in [6.45, 7) is 2.03. The van der Waals surface area contributed by atoms with Crippen molar-refractivity contribution in [2.75, 3.05) is 6.61 Å². The number of carbonyl (C=O) groups is 1. The van der Waals surface area contributed by atoms with Crippen molar-refractivity contribution in [2.24, 2.45) is 0 Å². The van der Waals surface area contributed by atoms with E-state index in [-0.39, 0.29) is 10.6 Å². The predicted octanol–water partition coefficient (Wildman–Crippen LogP) is 1.79. The average Bonchev–Trinajstić information content (AvgIpc) is 2.67. The van der Waals surface area contributed by atoms with E-state index in [1.807, 2.05) is 0 Å². The van der Waals surface area contributed by atoms with Gasteiger partial charge < -0.3 is 9.72 Å². The summed E-state index contributed by atoms with van der Waals surface area (Å²) in [5.74, 6) is -0.486. The van der Waals surface area contributed by atoms with Gasteiger partial charge in [-0.1, -0.05) is 11.6 Å². The zero-order valence-corrected chi connectivity index (χ0v) is 8.71. The average molecular weight is 226 g/mol. The van der Waals surface area contributed by atoms with E-state index in [0.717, 1.165) is 0 Å². The normalized spacial score (nSPS) is 10.5. The van der Waals surface area contributed by atoms with Gasteiger partial charge in [-0.2, -0.15) is 0 Å². The molecule has 0 saturated heterocycles. The molecule has 0 fully saturated rings. The third kappa shape index (κ3) is 1.66. The van der Waals surface area contributed by atoms with Crippen LogP contribution in [0.2, 0.25) is 5.02 Å². The number of aromatic nitrogens is 3. The number of fused-ring (bicyclic) bond motifs is 1. The number of H-pyrrole nitrogens is 1. The van der Waals surface area contributed by atoms with Crippen LogP contribution in [0.4, 0.5) is 0 Å². The molecule has 6 heteroatoms. The number of halogens is 1. The highest BCUT2D eigenvalue weighted by Crippen LogP contribution is 2.23. The molecule has 2 heterocycles. The van der Waals surface area contributed by atoms with Crippen LogP contribution in [0, 0.1) is 0 Å². The quantitative estimate of drug-likeness (QED) is 0.792. The van der Waals surface area contributed by atoms with E-state index < -0.39 is 5.97 Å². The second kappa shape index (κ2) is 3.86. The summed E-state index contributed by atoms with van der Waals surface area (Å²) in [5.41, 5.74) is 1.26. The first-order valence-electron chi connectivity index (χ1n) is 4.38. The van der Waals surface area contributed by atoms with Crippen LogP contribution >= 0.6 is 11.6 Å². The zero-order chi connectivity index (χ0) is 10.8. The predicted molar refractivity (Wildman–Crippen MR) is 54.9 cm³/mol. The van der Waals surface area contributed by atoms with E-state index in [1.165, 1.54) is 12.5 Å². The fourth-order valence-corrected chi connectivity index (χ4v) is 1.48. The molecule has 0 bridgehead atoms. The summed E-state index contributed by atoms with van der Waals surface area (Å²) in [7, 11) is 0. The number of imidazole rings is 1. The molecule has 5 nitrogen and oxygen atoms in total. The Hall–Kier alpha value is -1.62. The van der Waals surface area contributed by atoms with Gasteiger partial charge in [0.05, 0.1) is 23.5 Å². The van der Waals surface area contributed by atoms with E-state index in [0.29, 0.717) is 17.8 Å². The number of carbonyl (C=O) groups excluding carboxylic acids is 1. The Morgan fingerprint density at radius 2 is 2.40 bits per heavy atom. The first kappa shape index (κ1) is 9.92. The summed E-state index contributed by atoms with van der Waals surface area (Å²) in [6, 6.07) is 0. The summed E-state index contributed by atoms with van der Waals surface area (Å²) in [5, 5.41) is 0.264. The van der Waals surface area contributed by atoms with Crippen molar-refractivity contribution < 1.29 is 9.53 Å². The van der Waals surface area contributed by atoms with Crippen LogP contribution in [-0.2, 0) is 4.74 Å². The molecule has 0 radical (unpaired) electrons. The molecule has 78 valence electrons. The topological polar surface area (TPSA) is 67.9 Å². The minimum atomic E-state index is -0.486. The molecular weight excluding hydrogens is 218 g/mol. The Labute approximate surface area is 90.4 Å². The number of nitrogens with zero attached hydrogens (tertiary/aromatic N) is 2. The smallest absolute Gasteiger partial charge is 0.341 e. The molecule has 2 aromatic rings. The number of ether oxygens (including phenoxy) is 1. The standard InChI is InChI=1S/C9H8ClN3O2/c1-2-15-9(14)5-3-11-8-7(6(5)10)12-4-13-8/h3-4H,2H2,1H3,(H,11,12,13). The van der Waals surface area contributed by atoms with Gasteiger partial charge in [0.25, 0.3) is 0 Å². The molecule has 0 saturated carbocycles. The third-order valence-electron chi connectivity index (χ3n) is 1.88. The maximum atomic E-state index is 11.4. The van der Waals surface area contributed by atoms with Crippen molar-refractivity contribution in [2.45, 2.75) is 6.92 Å². The maximum absolute atomic E-state index is 11.4. The van der Waals surface area contributed by atoms with Crippen molar-refractivity contribution in [1.82, 2.24) is 15.0 Å². The Morgan fingerprint density at radius 1 is 1.60 bits per heavy atom. The van der Waals surface area contributed by atoms with Gasteiger partial charge in [-0.3, -0.25) is 0 Å². The first-order valence-corrected chi connectivity index (χ1v) is 4.76. The van der Waals surface area contributed by atoms with Crippen LogP contribution in [0.5, 0.6) is 0 Å². The van der Waals surface area contributed by atoms with Crippen molar-refractivity contribution in [1.29, 1.82) is 0 Å². The van der Waals surface area contributed by atoms with Crippen LogP contribution in [0.25, 0.3) is 11.2 Å². The van der Waals surface area contributed by atoms with Gasteiger partial charge in [-0.05, 0) is 6.92 Å². The lowest BCUT2D eigenvalue weighted by Crippen LogP contribution is -2.06. The third-order valence-corrected chi connectivity index (χ3v) is 2.26. The van der Waals surface area contributed by atoms with Gasteiger partial charge >= 0.3 is 5.97 Å². The molecule has 2 aromatic heterocycles. The van der Waals surface area contributed by atoms with Crippen LogP contribution in [0.3, 0.4) is 0 Å². The number of rotatable bonds is 2. The number of pyridine rings is 1. The van der Waals surface area contributed by atoms with Crippen molar-refractivity contribution in [3.8, 4) is 0 Å². The number of nitrogens with one attached hydrogen (secondary N) is 1. The first-order chi connectivity index (χ1) is 7.24. The fraction of sp³-hybridized carbons (Fsp3) is 0.222. The van der Waals surface area contributed by atoms with Gasteiger partial charge in [-0.15, -0.1) is 0 Å². The number of esters is 1. The van der Waals surface area contributed by atoms with Crippen LogP contribution in [0.15, 0.2) is 12.5 Å². The zero-order valence-electron chi connectivity index (χ0n) is 7.95. The molecule has 0 aliphatic rings. The van der Waals surface area contributed by atoms with Crippen molar-refractivity contribution >= 4 is 28.7 Å². The molecule has 0 amide bonds. The highest BCUT2D eigenvalue weighted by atomic mass is 35.5. The van der Waals surface area contributed by atoms with Crippen LogP contribution in [0.1, 0.15) is 17.3 Å². The lowest BCUT2D eigenvalue weighted by molar-refractivity contribution is 0.0526. The van der Waals surface area contributed by atoms with Gasteiger partial charge in [0.1, 0.15) is 5.52 Å².